The van der Waals surface area contributed by atoms with Crippen molar-refractivity contribution in [3.05, 3.63) is 0 Å². The lowest BCUT2D eigenvalue weighted by atomic mass is 9.50. The first-order chi connectivity index (χ1) is 24.9. The Labute approximate surface area is 307 Å². The van der Waals surface area contributed by atoms with Gasteiger partial charge in [-0.25, -0.2) is 0 Å². The Hall–Kier alpha value is -2.36. The van der Waals surface area contributed by atoms with E-state index in [-0.39, 0.29) is 11.8 Å². The highest BCUT2D eigenvalue weighted by Crippen LogP contribution is 2.64. The molecule has 2 atom stereocenters. The summed E-state index contributed by atoms with van der Waals surface area (Å²) in [6, 6.07) is 0. The summed E-state index contributed by atoms with van der Waals surface area (Å²) in [6.07, 6.45) is -50.0. The van der Waals surface area contributed by atoms with Crippen molar-refractivity contribution in [3.8, 4) is 0 Å². The van der Waals surface area contributed by atoms with Gasteiger partial charge >= 0.3 is 49.0 Å². The molecule has 23 heteroatoms. The van der Waals surface area contributed by atoms with Gasteiger partial charge < -0.3 is 14.6 Å². The number of carbonyl (C=O) groups is 2. The molecule has 5 aliphatic rings. The van der Waals surface area contributed by atoms with Crippen molar-refractivity contribution in [1.29, 1.82) is 0 Å². The zero-order valence-electron chi connectivity index (χ0n) is 29.6. The van der Waals surface area contributed by atoms with E-state index in [0.717, 1.165) is 6.42 Å². The first-order valence-electron chi connectivity index (χ1n) is 17.5. The Bertz CT molecular complexity index is 1410. The second kappa shape index (κ2) is 13.9. The van der Waals surface area contributed by atoms with E-state index >= 15 is 0 Å². The Morgan fingerprint density at radius 2 is 0.982 bits per heavy atom. The second-order valence-corrected chi connectivity index (χ2v) is 16.2. The van der Waals surface area contributed by atoms with Crippen LogP contribution in [0, 0.1) is 46.3 Å². The molecule has 5 fully saturated rings. The molecule has 5 aliphatic carbocycles. The van der Waals surface area contributed by atoms with Gasteiger partial charge in [0.1, 0.15) is 5.60 Å². The van der Waals surface area contributed by atoms with Crippen LogP contribution in [0.4, 0.5) is 79.0 Å². The lowest BCUT2D eigenvalue weighted by Gasteiger charge is -2.59. The van der Waals surface area contributed by atoms with Crippen LogP contribution in [0.5, 0.6) is 0 Å². The summed E-state index contributed by atoms with van der Waals surface area (Å²) < 4.78 is 267. The number of aliphatic hydroxyl groups is 1. The second-order valence-electron chi connectivity index (χ2n) is 16.2. The van der Waals surface area contributed by atoms with Gasteiger partial charge in [-0.1, -0.05) is 6.92 Å². The molecule has 0 heterocycles. The zero-order valence-corrected chi connectivity index (χ0v) is 29.6. The SMILES string of the molecule is CCC(CC(C)(OC(=O)C(C1CCC(C(O)(C(F)(F)F)C(F)(F)F)CC1)(C(F)(F)F)C(F)(F)F)C(F)(F)F)(C(=O)OC1(C)C2CC3CC(C2)CC1C3)C(F)(F)F. The largest absolute Gasteiger partial charge is 0.458 e. The average molecular weight is 857 g/mol. The van der Waals surface area contributed by atoms with Crippen molar-refractivity contribution < 1.29 is 103 Å². The minimum atomic E-state index is -7.09. The normalized spacial score (nSPS) is 31.8. The van der Waals surface area contributed by atoms with Crippen molar-refractivity contribution >= 4 is 11.9 Å². The molecule has 5 saturated carbocycles. The van der Waals surface area contributed by atoms with Crippen molar-refractivity contribution in [3.63, 3.8) is 0 Å². The summed E-state index contributed by atoms with van der Waals surface area (Å²) in [6.45, 7) is 1.32. The molecule has 0 aromatic heterocycles. The predicted octanol–water partition coefficient (Wildman–Crippen LogP) is 10.7. The molecule has 5 rings (SSSR count). The average Bonchev–Trinajstić information content (AvgIpc) is 2.98. The molecule has 1 N–H and O–H groups in total. The van der Waals surface area contributed by atoms with Gasteiger partial charge in [-0.2, -0.15) is 79.0 Å². The fourth-order valence-corrected chi connectivity index (χ4v) is 9.99. The first kappa shape index (κ1) is 46.3. The molecule has 0 aromatic rings. The summed E-state index contributed by atoms with van der Waals surface area (Å²) in [7, 11) is 0. The Morgan fingerprint density at radius 1 is 0.589 bits per heavy atom. The molecule has 0 amide bonds. The molecule has 4 bridgehead atoms. The molecular formula is C33H38F18O5. The number of rotatable bonds is 9. The van der Waals surface area contributed by atoms with Gasteiger partial charge in [-0.05, 0) is 108 Å². The summed E-state index contributed by atoms with van der Waals surface area (Å²) >= 11 is 0. The Kier molecular flexibility index (Phi) is 11.5. The van der Waals surface area contributed by atoms with E-state index in [4.69, 9.17) is 4.74 Å². The third-order valence-electron chi connectivity index (χ3n) is 13.2. The van der Waals surface area contributed by atoms with E-state index in [1.54, 1.807) is 0 Å². The molecular weight excluding hydrogens is 818 g/mol. The van der Waals surface area contributed by atoms with Gasteiger partial charge in [0.15, 0.2) is 5.41 Å². The third-order valence-corrected chi connectivity index (χ3v) is 13.2. The first-order valence-corrected chi connectivity index (χ1v) is 17.5. The van der Waals surface area contributed by atoms with Crippen LogP contribution < -0.4 is 0 Å². The van der Waals surface area contributed by atoms with Crippen LogP contribution in [-0.4, -0.2) is 70.9 Å². The maximum atomic E-state index is 15.0. The van der Waals surface area contributed by atoms with Crippen LogP contribution in [-0.2, 0) is 19.1 Å². The van der Waals surface area contributed by atoms with Gasteiger partial charge in [0, 0.05) is 12.3 Å². The van der Waals surface area contributed by atoms with Gasteiger partial charge in [-0.3, -0.25) is 9.59 Å². The maximum absolute atomic E-state index is 15.0. The van der Waals surface area contributed by atoms with E-state index in [1.165, 1.54) is 6.92 Å². The van der Waals surface area contributed by atoms with Crippen molar-refractivity contribution in [2.45, 2.75) is 145 Å². The Morgan fingerprint density at radius 3 is 1.30 bits per heavy atom. The highest BCUT2D eigenvalue weighted by atomic mass is 19.4. The van der Waals surface area contributed by atoms with Crippen molar-refractivity contribution in [2.24, 2.45) is 46.3 Å². The molecule has 5 nitrogen and oxygen atoms in total. The Balaban J connectivity index is 1.76. The lowest BCUT2D eigenvalue weighted by Crippen LogP contribution is -2.66. The van der Waals surface area contributed by atoms with Crippen LogP contribution in [0.25, 0.3) is 0 Å². The van der Waals surface area contributed by atoms with Crippen molar-refractivity contribution in [2.75, 3.05) is 0 Å². The van der Waals surface area contributed by atoms with Crippen LogP contribution in [0.15, 0.2) is 0 Å². The van der Waals surface area contributed by atoms with E-state index in [1.807, 2.05) is 0 Å². The number of alkyl halides is 18. The smallest absolute Gasteiger partial charge is 0.428 e. The van der Waals surface area contributed by atoms with E-state index in [9.17, 15) is 93.7 Å². The zero-order chi connectivity index (χ0) is 43.3. The van der Waals surface area contributed by atoms with Gasteiger partial charge in [0.25, 0.3) is 11.0 Å². The molecule has 326 valence electrons. The highest BCUT2D eigenvalue weighted by Gasteiger charge is 2.82. The van der Waals surface area contributed by atoms with Crippen molar-refractivity contribution in [1.82, 2.24) is 0 Å². The minimum absolute atomic E-state index is 0.133. The lowest BCUT2D eigenvalue weighted by molar-refractivity contribution is -0.391. The summed E-state index contributed by atoms with van der Waals surface area (Å²) in [5.74, 6) is -13.7. The number of hydrogen-bond donors (Lipinski definition) is 1. The number of hydrogen-bond acceptors (Lipinski definition) is 5. The number of carbonyl (C=O) groups excluding carboxylic acids is 2. The van der Waals surface area contributed by atoms with Gasteiger partial charge in [0.2, 0.25) is 5.60 Å². The maximum Gasteiger partial charge on any atom is 0.428 e. The summed E-state index contributed by atoms with van der Waals surface area (Å²) in [5, 5.41) is 9.65. The van der Waals surface area contributed by atoms with Crippen LogP contribution >= 0.6 is 0 Å². The third kappa shape index (κ3) is 7.09. The molecule has 0 saturated heterocycles. The fourth-order valence-electron chi connectivity index (χ4n) is 9.99. The highest BCUT2D eigenvalue weighted by molar-refractivity contribution is 5.81. The summed E-state index contributed by atoms with van der Waals surface area (Å²) in [4.78, 5) is 26.9. The van der Waals surface area contributed by atoms with Gasteiger partial charge in [-0.15, -0.1) is 0 Å². The molecule has 0 aliphatic heterocycles. The van der Waals surface area contributed by atoms with Gasteiger partial charge in [0.05, 0.1) is 0 Å². The summed E-state index contributed by atoms with van der Waals surface area (Å²) in [5.41, 5.74) is -22.9. The predicted molar refractivity (Wildman–Crippen MR) is 153 cm³/mol. The molecule has 0 radical (unpaired) electrons. The van der Waals surface area contributed by atoms with E-state index in [0.29, 0.717) is 32.6 Å². The topological polar surface area (TPSA) is 72.8 Å². The number of ether oxygens (including phenoxy) is 2. The fraction of sp³-hybridized carbons (Fsp3) is 0.939. The van der Waals surface area contributed by atoms with E-state index in [2.05, 4.69) is 4.74 Å². The van der Waals surface area contributed by atoms with Crippen LogP contribution in [0.3, 0.4) is 0 Å². The quantitative estimate of drug-likeness (QED) is 0.185. The van der Waals surface area contributed by atoms with Crippen LogP contribution in [0.2, 0.25) is 0 Å². The standard InChI is InChI=1S/C33H38F18O5/c1-4-25(29(37,38)39,21(52)56-24(3)19-10-15-9-16(12-19)13-20(24)11-15)14-23(2,28(34,35)36)55-22(53)26(30(40,41)42,31(43,44)45)17-5-7-18(8-6-17)27(54,32(46,47)48)33(49,50)51/h15-20,54H,4-14H2,1-3H3. The van der Waals surface area contributed by atoms with E-state index < -0.39 is 146 Å². The van der Waals surface area contributed by atoms with Crippen LogP contribution in [0.1, 0.15) is 91.4 Å². The molecule has 56 heavy (non-hydrogen) atoms. The molecule has 2 unspecified atom stereocenters. The monoisotopic (exact) mass is 856 g/mol. The number of esters is 2. The minimum Gasteiger partial charge on any atom is -0.458 e. The molecule has 0 spiro atoms. The number of halogens is 18. The molecule has 0 aromatic carbocycles.